The van der Waals surface area contributed by atoms with E-state index in [2.05, 4.69) is 17.1 Å². The molecule has 4 nitrogen and oxygen atoms in total. The van der Waals surface area contributed by atoms with Gasteiger partial charge in [0.05, 0.1) is 31.0 Å². The van der Waals surface area contributed by atoms with Crippen molar-refractivity contribution in [1.82, 2.24) is 4.98 Å². The summed E-state index contributed by atoms with van der Waals surface area (Å²) in [7, 11) is 1.69. The molecule has 4 rings (SSSR count). The average molecular weight is 355 g/mol. The zero-order valence-electron chi connectivity index (χ0n) is 15.7. The predicted octanol–water partition coefficient (Wildman–Crippen LogP) is 5.67. The molecule has 1 aromatic heterocycles. The minimum atomic E-state index is 0.296. The Balaban J connectivity index is 1.56. The molecule has 26 heavy (non-hydrogen) atoms. The first-order chi connectivity index (χ1) is 12.8. The molecule has 140 valence electrons. The standard InChI is InChI=1S/C22H29NO3/c1-24-21-14-20-16(13-22(21)26-18-10-6-3-7-11-18)12-19(15-23-20)25-17-8-4-2-5-9-17/h12-15,17-18H,2-11H2,1H3. The first-order valence-electron chi connectivity index (χ1n) is 10.1. The second-order valence-corrected chi connectivity index (χ2v) is 7.62. The molecule has 2 saturated carbocycles. The van der Waals surface area contributed by atoms with Gasteiger partial charge in [0.25, 0.3) is 0 Å². The fourth-order valence-electron chi connectivity index (χ4n) is 4.17. The van der Waals surface area contributed by atoms with Crippen LogP contribution in [-0.2, 0) is 0 Å². The van der Waals surface area contributed by atoms with E-state index in [1.807, 2.05) is 12.3 Å². The monoisotopic (exact) mass is 355 g/mol. The van der Waals surface area contributed by atoms with Gasteiger partial charge in [0, 0.05) is 11.5 Å². The number of rotatable bonds is 5. The number of nitrogens with zero attached hydrogens (tertiary/aromatic N) is 1. The van der Waals surface area contributed by atoms with Gasteiger partial charge in [0.1, 0.15) is 5.75 Å². The van der Waals surface area contributed by atoms with Gasteiger partial charge in [-0.25, -0.2) is 0 Å². The van der Waals surface area contributed by atoms with E-state index < -0.39 is 0 Å². The second kappa shape index (κ2) is 8.15. The van der Waals surface area contributed by atoms with Gasteiger partial charge in [-0.1, -0.05) is 12.8 Å². The fraction of sp³-hybridized carbons (Fsp3) is 0.591. The number of methoxy groups -OCH3 is 1. The normalized spacial score (nSPS) is 19.4. The first kappa shape index (κ1) is 17.4. The number of fused-ring (bicyclic) bond motifs is 1. The molecule has 2 fully saturated rings. The summed E-state index contributed by atoms with van der Waals surface area (Å²) in [6.07, 6.45) is 14.7. The summed E-state index contributed by atoms with van der Waals surface area (Å²) in [5, 5.41) is 1.05. The SMILES string of the molecule is COc1cc2ncc(OC3CCCCC3)cc2cc1OC1CCCCC1. The van der Waals surface area contributed by atoms with Gasteiger partial charge in [0.15, 0.2) is 11.5 Å². The Morgan fingerprint density at radius 1 is 0.769 bits per heavy atom. The lowest BCUT2D eigenvalue weighted by Crippen LogP contribution is -2.20. The molecule has 2 aliphatic carbocycles. The average Bonchev–Trinajstić information content (AvgIpc) is 2.69. The number of pyridine rings is 1. The Labute approximate surface area is 155 Å². The van der Waals surface area contributed by atoms with Crippen molar-refractivity contribution in [3.8, 4) is 17.2 Å². The first-order valence-corrected chi connectivity index (χ1v) is 10.1. The van der Waals surface area contributed by atoms with Gasteiger partial charge in [-0.3, -0.25) is 4.98 Å². The van der Waals surface area contributed by atoms with Crippen LogP contribution in [0.15, 0.2) is 24.4 Å². The van der Waals surface area contributed by atoms with Crippen LogP contribution < -0.4 is 14.2 Å². The van der Waals surface area contributed by atoms with Crippen LogP contribution in [-0.4, -0.2) is 24.3 Å². The van der Waals surface area contributed by atoms with Crippen LogP contribution in [0.1, 0.15) is 64.2 Å². The lowest BCUT2D eigenvalue weighted by atomic mass is 9.97. The molecule has 4 heteroatoms. The molecule has 0 amide bonds. The lowest BCUT2D eigenvalue weighted by Gasteiger charge is -2.24. The maximum Gasteiger partial charge on any atom is 0.162 e. The smallest absolute Gasteiger partial charge is 0.162 e. The Hall–Kier alpha value is -1.97. The van der Waals surface area contributed by atoms with Crippen LogP contribution in [0.2, 0.25) is 0 Å². The van der Waals surface area contributed by atoms with Crippen molar-refractivity contribution in [2.45, 2.75) is 76.4 Å². The third kappa shape index (κ3) is 4.05. The number of hydrogen-bond acceptors (Lipinski definition) is 4. The third-order valence-electron chi connectivity index (χ3n) is 5.64. The summed E-state index contributed by atoms with van der Waals surface area (Å²) >= 11 is 0. The van der Waals surface area contributed by atoms with Gasteiger partial charge >= 0.3 is 0 Å². The van der Waals surface area contributed by atoms with Crippen LogP contribution in [0, 0.1) is 0 Å². The molecule has 0 atom stereocenters. The highest BCUT2D eigenvalue weighted by Crippen LogP contribution is 2.35. The maximum atomic E-state index is 6.28. The second-order valence-electron chi connectivity index (χ2n) is 7.62. The van der Waals surface area contributed by atoms with Crippen molar-refractivity contribution < 1.29 is 14.2 Å². The minimum Gasteiger partial charge on any atom is -0.493 e. The van der Waals surface area contributed by atoms with Gasteiger partial charge in [-0.15, -0.1) is 0 Å². The van der Waals surface area contributed by atoms with E-state index in [-0.39, 0.29) is 0 Å². The summed E-state index contributed by atoms with van der Waals surface area (Å²) in [6, 6.07) is 6.12. The van der Waals surface area contributed by atoms with Gasteiger partial charge in [-0.2, -0.15) is 0 Å². The van der Waals surface area contributed by atoms with Crippen molar-refractivity contribution in [2.75, 3.05) is 7.11 Å². The molecule has 1 aromatic carbocycles. The number of aromatic nitrogens is 1. The van der Waals surface area contributed by atoms with Crippen LogP contribution in [0.25, 0.3) is 10.9 Å². The van der Waals surface area contributed by atoms with Crippen molar-refractivity contribution >= 4 is 10.9 Å². The quantitative estimate of drug-likeness (QED) is 0.693. The van der Waals surface area contributed by atoms with Crippen LogP contribution >= 0.6 is 0 Å². The molecule has 2 aromatic rings. The summed E-state index contributed by atoms with van der Waals surface area (Å²) in [5.41, 5.74) is 0.911. The van der Waals surface area contributed by atoms with Gasteiger partial charge in [0.2, 0.25) is 0 Å². The number of benzene rings is 1. The minimum absolute atomic E-state index is 0.296. The van der Waals surface area contributed by atoms with Crippen molar-refractivity contribution in [3.63, 3.8) is 0 Å². The summed E-state index contributed by atoms with van der Waals surface area (Å²) < 4.78 is 18.0. The van der Waals surface area contributed by atoms with E-state index in [1.165, 1.54) is 38.5 Å². The molecule has 0 N–H and O–H groups in total. The molecule has 0 aliphatic heterocycles. The van der Waals surface area contributed by atoms with Gasteiger partial charge in [-0.05, 0) is 63.5 Å². The summed E-state index contributed by atoms with van der Waals surface area (Å²) in [6.45, 7) is 0. The molecule has 0 bridgehead atoms. The lowest BCUT2D eigenvalue weighted by molar-refractivity contribution is 0.150. The number of hydrogen-bond donors (Lipinski definition) is 0. The molecule has 1 heterocycles. The van der Waals surface area contributed by atoms with Crippen molar-refractivity contribution in [3.05, 3.63) is 24.4 Å². The highest BCUT2D eigenvalue weighted by Gasteiger charge is 2.19. The summed E-state index contributed by atoms with van der Waals surface area (Å²) in [4.78, 5) is 4.58. The van der Waals surface area contributed by atoms with Crippen LogP contribution in [0.4, 0.5) is 0 Å². The van der Waals surface area contributed by atoms with E-state index in [9.17, 15) is 0 Å². The van der Waals surface area contributed by atoms with E-state index in [1.54, 1.807) is 7.11 Å². The van der Waals surface area contributed by atoms with E-state index in [0.717, 1.165) is 53.8 Å². The largest absolute Gasteiger partial charge is 0.493 e. The van der Waals surface area contributed by atoms with E-state index in [0.29, 0.717) is 12.2 Å². The third-order valence-corrected chi connectivity index (χ3v) is 5.64. The number of ether oxygens (including phenoxy) is 3. The molecular weight excluding hydrogens is 326 g/mol. The van der Waals surface area contributed by atoms with Gasteiger partial charge < -0.3 is 14.2 Å². The molecule has 2 aliphatic rings. The molecule has 0 unspecified atom stereocenters. The zero-order chi connectivity index (χ0) is 17.8. The molecular formula is C22H29NO3. The van der Waals surface area contributed by atoms with E-state index >= 15 is 0 Å². The molecule has 0 spiro atoms. The Morgan fingerprint density at radius 2 is 1.42 bits per heavy atom. The van der Waals surface area contributed by atoms with Crippen LogP contribution in [0.5, 0.6) is 17.2 Å². The zero-order valence-corrected chi connectivity index (χ0v) is 15.7. The molecule has 0 saturated heterocycles. The Morgan fingerprint density at radius 3 is 2.08 bits per heavy atom. The van der Waals surface area contributed by atoms with Crippen molar-refractivity contribution in [2.24, 2.45) is 0 Å². The van der Waals surface area contributed by atoms with Crippen LogP contribution in [0.3, 0.4) is 0 Å². The highest BCUT2D eigenvalue weighted by molar-refractivity contribution is 5.83. The van der Waals surface area contributed by atoms with E-state index in [4.69, 9.17) is 14.2 Å². The predicted molar refractivity (Wildman–Crippen MR) is 103 cm³/mol. The topological polar surface area (TPSA) is 40.6 Å². The Kier molecular flexibility index (Phi) is 5.47. The van der Waals surface area contributed by atoms with Crippen molar-refractivity contribution in [1.29, 1.82) is 0 Å². The fourth-order valence-corrected chi connectivity index (χ4v) is 4.17. The molecule has 0 radical (unpaired) electrons. The Bertz CT molecular complexity index is 733. The summed E-state index contributed by atoms with van der Waals surface area (Å²) in [5.74, 6) is 2.44. The highest BCUT2D eigenvalue weighted by atomic mass is 16.5. The maximum absolute atomic E-state index is 6.28.